The first kappa shape index (κ1) is 8.40. The second-order valence-electron chi connectivity index (χ2n) is 3.26. The van der Waals surface area contributed by atoms with Crippen LogP contribution in [0.4, 0.5) is 0 Å². The SMILES string of the molecule is CC1CC/C(N)=C\N(C)CN1. The molecule has 0 saturated heterocycles. The van der Waals surface area contributed by atoms with E-state index < -0.39 is 0 Å². The summed E-state index contributed by atoms with van der Waals surface area (Å²) in [6.45, 7) is 3.08. The van der Waals surface area contributed by atoms with Crippen LogP contribution in [0.3, 0.4) is 0 Å². The van der Waals surface area contributed by atoms with Crippen molar-refractivity contribution in [2.24, 2.45) is 5.73 Å². The smallest absolute Gasteiger partial charge is 0.0675 e. The average molecular weight is 155 g/mol. The molecule has 0 aromatic heterocycles. The van der Waals surface area contributed by atoms with Gasteiger partial charge >= 0.3 is 0 Å². The summed E-state index contributed by atoms with van der Waals surface area (Å²) in [6.07, 6.45) is 4.13. The summed E-state index contributed by atoms with van der Waals surface area (Å²) < 4.78 is 0. The molecule has 0 fully saturated rings. The van der Waals surface area contributed by atoms with Crippen molar-refractivity contribution in [2.45, 2.75) is 25.8 Å². The third-order valence-electron chi connectivity index (χ3n) is 1.94. The van der Waals surface area contributed by atoms with Gasteiger partial charge in [0.2, 0.25) is 0 Å². The molecule has 1 atom stereocenters. The fourth-order valence-corrected chi connectivity index (χ4v) is 1.18. The van der Waals surface area contributed by atoms with Crippen molar-refractivity contribution in [3.8, 4) is 0 Å². The van der Waals surface area contributed by atoms with Crippen molar-refractivity contribution in [1.29, 1.82) is 0 Å². The number of nitrogens with two attached hydrogens (primary N) is 1. The summed E-state index contributed by atoms with van der Waals surface area (Å²) in [6, 6.07) is 0.574. The van der Waals surface area contributed by atoms with Crippen LogP contribution in [0.1, 0.15) is 19.8 Å². The Bertz CT molecular complexity index is 153. The zero-order chi connectivity index (χ0) is 8.27. The van der Waals surface area contributed by atoms with E-state index in [1.165, 1.54) is 0 Å². The van der Waals surface area contributed by atoms with Gasteiger partial charge in [0.1, 0.15) is 0 Å². The molecule has 0 saturated carbocycles. The Hall–Kier alpha value is -0.700. The van der Waals surface area contributed by atoms with Crippen molar-refractivity contribution in [1.82, 2.24) is 10.2 Å². The first-order chi connectivity index (χ1) is 5.18. The molecule has 1 aliphatic rings. The maximum absolute atomic E-state index is 5.75. The van der Waals surface area contributed by atoms with Gasteiger partial charge in [0.15, 0.2) is 0 Å². The fourth-order valence-electron chi connectivity index (χ4n) is 1.18. The third-order valence-corrected chi connectivity index (χ3v) is 1.94. The molecule has 0 aliphatic carbocycles. The first-order valence-electron chi connectivity index (χ1n) is 4.08. The van der Waals surface area contributed by atoms with Gasteiger partial charge in [0.25, 0.3) is 0 Å². The molecule has 3 heteroatoms. The predicted molar refractivity (Wildman–Crippen MR) is 46.7 cm³/mol. The lowest BCUT2D eigenvalue weighted by molar-refractivity contribution is 0.352. The molecule has 11 heavy (non-hydrogen) atoms. The van der Waals surface area contributed by atoms with Crippen molar-refractivity contribution < 1.29 is 0 Å². The fraction of sp³-hybridized carbons (Fsp3) is 0.750. The van der Waals surface area contributed by atoms with Gasteiger partial charge in [0.05, 0.1) is 6.67 Å². The second kappa shape index (κ2) is 3.62. The molecule has 0 radical (unpaired) electrons. The van der Waals surface area contributed by atoms with Gasteiger partial charge in [-0.15, -0.1) is 0 Å². The minimum atomic E-state index is 0.574. The van der Waals surface area contributed by atoms with E-state index in [1.54, 1.807) is 0 Å². The van der Waals surface area contributed by atoms with Crippen LogP contribution in [0.2, 0.25) is 0 Å². The van der Waals surface area contributed by atoms with Crippen LogP contribution in [0.15, 0.2) is 11.9 Å². The van der Waals surface area contributed by atoms with Crippen molar-refractivity contribution in [3.05, 3.63) is 11.9 Å². The van der Waals surface area contributed by atoms with Gasteiger partial charge in [-0.25, -0.2) is 0 Å². The number of allylic oxidation sites excluding steroid dienone is 1. The maximum Gasteiger partial charge on any atom is 0.0675 e. The lowest BCUT2D eigenvalue weighted by Crippen LogP contribution is -2.36. The van der Waals surface area contributed by atoms with Crippen LogP contribution in [-0.2, 0) is 0 Å². The number of hydrogen-bond acceptors (Lipinski definition) is 3. The highest BCUT2D eigenvalue weighted by molar-refractivity contribution is 4.97. The number of hydrogen-bond donors (Lipinski definition) is 2. The minimum absolute atomic E-state index is 0.574. The Morgan fingerprint density at radius 2 is 2.45 bits per heavy atom. The zero-order valence-electron chi connectivity index (χ0n) is 7.30. The highest BCUT2D eigenvalue weighted by Gasteiger charge is 2.06. The molecule has 1 unspecified atom stereocenters. The molecule has 0 spiro atoms. The predicted octanol–water partition coefficient (Wildman–Crippen LogP) is 0.448. The summed E-state index contributed by atoms with van der Waals surface area (Å²) >= 11 is 0. The highest BCUT2D eigenvalue weighted by atomic mass is 15.2. The van der Waals surface area contributed by atoms with Gasteiger partial charge in [-0.2, -0.15) is 0 Å². The van der Waals surface area contributed by atoms with Crippen LogP contribution in [0, 0.1) is 0 Å². The Labute approximate surface area is 68.2 Å². The van der Waals surface area contributed by atoms with E-state index in [4.69, 9.17) is 5.73 Å². The molecule has 0 aromatic carbocycles. The number of rotatable bonds is 0. The van der Waals surface area contributed by atoms with E-state index in [0.717, 1.165) is 25.2 Å². The second-order valence-corrected chi connectivity index (χ2v) is 3.26. The van der Waals surface area contributed by atoms with E-state index in [2.05, 4.69) is 17.1 Å². The summed E-state index contributed by atoms with van der Waals surface area (Å²) in [7, 11) is 2.03. The quantitative estimate of drug-likeness (QED) is 0.533. The molecule has 1 rings (SSSR count). The van der Waals surface area contributed by atoms with Crippen molar-refractivity contribution >= 4 is 0 Å². The van der Waals surface area contributed by atoms with Gasteiger partial charge in [-0.3, -0.25) is 5.32 Å². The average Bonchev–Trinajstić information content (AvgIpc) is 1.95. The summed E-state index contributed by atoms with van der Waals surface area (Å²) in [4.78, 5) is 2.07. The van der Waals surface area contributed by atoms with Crippen LogP contribution < -0.4 is 11.1 Å². The lowest BCUT2D eigenvalue weighted by atomic mass is 10.1. The largest absolute Gasteiger partial charge is 0.401 e. The Morgan fingerprint density at radius 3 is 3.18 bits per heavy atom. The molecule has 0 aromatic rings. The van der Waals surface area contributed by atoms with Crippen LogP contribution >= 0.6 is 0 Å². The maximum atomic E-state index is 5.75. The topological polar surface area (TPSA) is 41.3 Å². The van der Waals surface area contributed by atoms with E-state index in [1.807, 2.05) is 13.2 Å². The van der Waals surface area contributed by atoms with Gasteiger partial charge in [-0.1, -0.05) is 0 Å². The third kappa shape index (κ3) is 2.80. The van der Waals surface area contributed by atoms with E-state index in [9.17, 15) is 0 Å². The lowest BCUT2D eigenvalue weighted by Gasteiger charge is -2.23. The number of nitrogens with one attached hydrogen (secondary N) is 1. The van der Waals surface area contributed by atoms with Crippen LogP contribution in [0.5, 0.6) is 0 Å². The normalized spacial score (nSPS) is 32.0. The van der Waals surface area contributed by atoms with Gasteiger partial charge < -0.3 is 10.6 Å². The first-order valence-corrected chi connectivity index (χ1v) is 4.08. The Balaban J connectivity index is 2.51. The standard InChI is InChI=1S/C8H17N3/c1-7-3-4-8(9)5-11(2)6-10-7/h5,7,10H,3-4,6,9H2,1-2H3/b8-5+. The van der Waals surface area contributed by atoms with Gasteiger partial charge in [-0.05, 0) is 19.8 Å². The molecule has 0 amide bonds. The molecule has 0 bridgehead atoms. The van der Waals surface area contributed by atoms with Crippen LogP contribution in [-0.4, -0.2) is 24.7 Å². The Morgan fingerprint density at radius 1 is 1.73 bits per heavy atom. The molecule has 3 nitrogen and oxygen atoms in total. The van der Waals surface area contributed by atoms with E-state index in [0.29, 0.717) is 6.04 Å². The van der Waals surface area contributed by atoms with Crippen LogP contribution in [0.25, 0.3) is 0 Å². The molecular formula is C8H17N3. The summed E-state index contributed by atoms with van der Waals surface area (Å²) in [5, 5.41) is 3.38. The zero-order valence-corrected chi connectivity index (χ0v) is 7.30. The van der Waals surface area contributed by atoms with E-state index >= 15 is 0 Å². The van der Waals surface area contributed by atoms with E-state index in [-0.39, 0.29) is 0 Å². The Kier molecular flexibility index (Phi) is 2.76. The highest BCUT2D eigenvalue weighted by Crippen LogP contribution is 2.05. The molecule has 3 N–H and O–H groups in total. The monoisotopic (exact) mass is 155 g/mol. The molecule has 64 valence electrons. The van der Waals surface area contributed by atoms with Crippen molar-refractivity contribution in [2.75, 3.05) is 13.7 Å². The molecular weight excluding hydrogens is 138 g/mol. The summed E-state index contributed by atoms with van der Waals surface area (Å²) in [5.41, 5.74) is 6.74. The summed E-state index contributed by atoms with van der Waals surface area (Å²) in [5.74, 6) is 0. The minimum Gasteiger partial charge on any atom is -0.401 e. The van der Waals surface area contributed by atoms with Gasteiger partial charge in [0, 0.05) is 25.0 Å². The number of nitrogens with zero attached hydrogens (tertiary/aromatic N) is 1. The van der Waals surface area contributed by atoms with Crippen molar-refractivity contribution in [3.63, 3.8) is 0 Å². The molecule has 1 aliphatic heterocycles. The molecule has 1 heterocycles.